The Bertz CT molecular complexity index is 1290. The average Bonchev–Trinajstić information content (AvgIpc) is 2.90. The van der Waals surface area contributed by atoms with Crippen LogP contribution in [0.1, 0.15) is 22.0 Å². The van der Waals surface area contributed by atoms with Crippen molar-refractivity contribution in [3.05, 3.63) is 65.7 Å². The van der Waals surface area contributed by atoms with E-state index in [0.717, 1.165) is 49.6 Å². The van der Waals surface area contributed by atoms with Crippen molar-refractivity contribution in [1.29, 1.82) is 0 Å². The van der Waals surface area contributed by atoms with Crippen molar-refractivity contribution in [1.82, 2.24) is 0 Å². The number of ketones is 1. The van der Waals surface area contributed by atoms with Crippen LogP contribution >= 0.6 is 0 Å². The van der Waals surface area contributed by atoms with Gasteiger partial charge < -0.3 is 9.47 Å². The Morgan fingerprint density at radius 1 is 0.619 bits per heavy atom. The Hall–Kier alpha value is -3.67. The van der Waals surface area contributed by atoms with E-state index in [4.69, 9.17) is 4.74 Å². The largest absolute Gasteiger partial charge is 0.497 e. The molecule has 0 aliphatic rings. The molecule has 0 aromatic heterocycles. The maximum absolute atomic E-state index is 14.4. The molecule has 0 amide bonds. The molecular formula is C23H13F15O4. The van der Waals surface area contributed by atoms with E-state index in [1.807, 2.05) is 0 Å². The first kappa shape index (κ1) is 34.5. The van der Waals surface area contributed by atoms with Crippen molar-refractivity contribution in [3.63, 3.8) is 0 Å². The fourth-order valence-electron chi connectivity index (χ4n) is 3.10. The Labute approximate surface area is 224 Å². The minimum Gasteiger partial charge on any atom is -0.497 e. The van der Waals surface area contributed by atoms with Crippen LogP contribution in [0.15, 0.2) is 54.6 Å². The van der Waals surface area contributed by atoms with E-state index < -0.39 is 70.7 Å². The molecule has 2 aromatic carbocycles. The number of Topliss-reactive ketones (excluding diaryl/α,β-unsaturated/α-hetero) is 1. The molecule has 234 valence electrons. The second-order valence-electron chi connectivity index (χ2n) is 8.24. The van der Waals surface area contributed by atoms with Crippen LogP contribution in [0.5, 0.6) is 5.75 Å². The maximum Gasteiger partial charge on any atom is 0.460 e. The molecule has 0 spiro atoms. The Morgan fingerprint density at radius 2 is 1.10 bits per heavy atom. The summed E-state index contributed by atoms with van der Waals surface area (Å²) in [7, 11) is 1.09. The summed E-state index contributed by atoms with van der Waals surface area (Å²) < 4.78 is 211. The smallest absolute Gasteiger partial charge is 0.460 e. The number of halogens is 15. The number of benzene rings is 2. The molecule has 2 aromatic rings. The van der Waals surface area contributed by atoms with Gasteiger partial charge in [-0.05, 0) is 12.1 Å². The number of hydrogen-bond donors (Lipinski definition) is 0. The van der Waals surface area contributed by atoms with Crippen molar-refractivity contribution in [2.45, 2.75) is 47.8 Å². The van der Waals surface area contributed by atoms with Crippen LogP contribution in [-0.2, 0) is 9.53 Å². The van der Waals surface area contributed by atoms with Crippen molar-refractivity contribution in [2.24, 2.45) is 0 Å². The number of carbonyl (C=O) groups is 2. The van der Waals surface area contributed by atoms with Crippen LogP contribution in [0, 0.1) is 0 Å². The summed E-state index contributed by atoms with van der Waals surface area (Å²) in [6.45, 7) is 0. The Morgan fingerprint density at radius 3 is 1.57 bits per heavy atom. The van der Waals surface area contributed by atoms with Crippen LogP contribution < -0.4 is 4.74 Å². The predicted octanol–water partition coefficient (Wildman–Crippen LogP) is 7.54. The lowest BCUT2D eigenvalue weighted by molar-refractivity contribution is -0.450. The number of alkyl halides is 15. The fourth-order valence-corrected chi connectivity index (χ4v) is 3.10. The fraction of sp³-hybridized carbons (Fsp3) is 0.391. The number of methoxy groups -OCH3 is 1. The highest BCUT2D eigenvalue weighted by Gasteiger charge is 2.94. The lowest BCUT2D eigenvalue weighted by Gasteiger charge is -2.41. The zero-order valence-electron chi connectivity index (χ0n) is 20.1. The van der Waals surface area contributed by atoms with Gasteiger partial charge in [-0.2, -0.15) is 65.9 Å². The summed E-state index contributed by atoms with van der Waals surface area (Å²) in [5.74, 6) is -54.8. The van der Waals surface area contributed by atoms with Crippen LogP contribution in [0.2, 0.25) is 0 Å². The minimum atomic E-state index is -8.58. The van der Waals surface area contributed by atoms with Gasteiger partial charge in [0.05, 0.1) is 7.11 Å². The molecule has 42 heavy (non-hydrogen) atoms. The van der Waals surface area contributed by atoms with E-state index in [0.29, 0.717) is 0 Å². The summed E-state index contributed by atoms with van der Waals surface area (Å²) in [6, 6.07) is 9.17. The molecule has 4 nitrogen and oxygen atoms in total. The van der Waals surface area contributed by atoms with E-state index in [1.54, 1.807) is 0 Å². The molecular weight excluding hydrogens is 625 g/mol. The van der Waals surface area contributed by atoms with Gasteiger partial charge in [0.1, 0.15) is 5.75 Å². The first-order chi connectivity index (χ1) is 18.8. The Balaban J connectivity index is 2.58. The van der Waals surface area contributed by atoms with Gasteiger partial charge in [-0.3, -0.25) is 4.79 Å². The first-order valence-corrected chi connectivity index (χ1v) is 10.6. The van der Waals surface area contributed by atoms with Gasteiger partial charge in [0.15, 0.2) is 6.10 Å². The molecule has 1 unspecified atom stereocenters. The van der Waals surface area contributed by atoms with Crippen molar-refractivity contribution in [2.75, 3.05) is 7.11 Å². The van der Waals surface area contributed by atoms with E-state index >= 15 is 0 Å². The third-order valence-corrected chi connectivity index (χ3v) is 5.50. The van der Waals surface area contributed by atoms with E-state index in [-0.39, 0.29) is 5.75 Å². The summed E-state index contributed by atoms with van der Waals surface area (Å²) in [6.07, 6.45) is -10.5. The molecule has 0 heterocycles. The van der Waals surface area contributed by atoms with E-state index in [2.05, 4.69) is 4.74 Å². The Kier molecular flexibility index (Phi) is 8.94. The molecule has 0 aliphatic heterocycles. The monoisotopic (exact) mass is 638 g/mol. The van der Waals surface area contributed by atoms with Gasteiger partial charge in [0.2, 0.25) is 5.78 Å². The zero-order chi connectivity index (χ0) is 32.7. The second kappa shape index (κ2) is 10.9. The normalized spacial score (nSPS) is 14.8. The molecule has 0 radical (unpaired) electrons. The van der Waals surface area contributed by atoms with Gasteiger partial charge in [0, 0.05) is 11.1 Å². The van der Waals surface area contributed by atoms with Crippen LogP contribution in [0.25, 0.3) is 0 Å². The molecule has 0 bridgehead atoms. The molecule has 2 rings (SSSR count). The second-order valence-corrected chi connectivity index (χ2v) is 8.24. The van der Waals surface area contributed by atoms with Gasteiger partial charge in [-0.25, -0.2) is 4.79 Å². The maximum atomic E-state index is 14.4. The average molecular weight is 638 g/mol. The lowest BCUT2D eigenvalue weighted by Crippen LogP contribution is -2.73. The third kappa shape index (κ3) is 5.32. The predicted molar refractivity (Wildman–Crippen MR) is 108 cm³/mol. The SMILES string of the molecule is COc1cccc(C(=O)C(OC(=O)C(F)(F)C(F)(F)C(F)(F)C(F)(F)C(F)(F)C(F)(F)C(F)(F)F)c2ccccc2)c1. The number of hydrogen-bond acceptors (Lipinski definition) is 4. The summed E-state index contributed by atoms with van der Waals surface area (Å²) in [5, 5.41) is 0. The molecule has 19 heteroatoms. The first-order valence-electron chi connectivity index (χ1n) is 10.6. The third-order valence-electron chi connectivity index (χ3n) is 5.50. The highest BCUT2D eigenvalue weighted by Crippen LogP contribution is 2.62. The van der Waals surface area contributed by atoms with Crippen molar-refractivity contribution < 1.29 is 84.9 Å². The van der Waals surface area contributed by atoms with Crippen LogP contribution in [0.3, 0.4) is 0 Å². The van der Waals surface area contributed by atoms with Crippen molar-refractivity contribution in [3.8, 4) is 5.75 Å². The minimum absolute atomic E-state index is 0.0886. The molecule has 0 N–H and O–H groups in total. The molecule has 0 aliphatic carbocycles. The van der Waals surface area contributed by atoms with Crippen LogP contribution in [0.4, 0.5) is 65.9 Å². The number of ether oxygens (including phenoxy) is 2. The number of esters is 1. The highest BCUT2D eigenvalue weighted by atomic mass is 19.4. The van der Waals surface area contributed by atoms with E-state index in [9.17, 15) is 75.4 Å². The van der Waals surface area contributed by atoms with Gasteiger partial charge >= 0.3 is 47.7 Å². The quantitative estimate of drug-likeness (QED) is 0.145. The summed E-state index contributed by atoms with van der Waals surface area (Å²) in [4.78, 5) is 24.9. The highest BCUT2D eigenvalue weighted by molar-refractivity contribution is 6.01. The number of carbonyl (C=O) groups excluding carboxylic acids is 2. The van der Waals surface area contributed by atoms with E-state index in [1.165, 1.54) is 12.1 Å². The topological polar surface area (TPSA) is 52.6 Å². The summed E-state index contributed by atoms with van der Waals surface area (Å²) in [5.41, 5.74) is -1.18. The van der Waals surface area contributed by atoms with Crippen molar-refractivity contribution >= 4 is 11.8 Å². The standard InChI is InChI=1S/C23H13F15O4/c1-41-13-9-5-8-12(10-13)14(39)15(11-6-3-2-4-7-11)42-16(40)17(24,25)18(26,27)19(28,29)20(30,31)21(32,33)22(34,35)23(36,37)38/h2-10,15H,1H3. The molecule has 0 fully saturated rings. The van der Waals surface area contributed by atoms with Gasteiger partial charge in [0.25, 0.3) is 0 Å². The number of rotatable bonds is 11. The van der Waals surface area contributed by atoms with Gasteiger partial charge in [-0.15, -0.1) is 0 Å². The zero-order valence-corrected chi connectivity index (χ0v) is 20.1. The molecule has 0 saturated carbocycles. The van der Waals surface area contributed by atoms with Gasteiger partial charge in [-0.1, -0.05) is 42.5 Å². The van der Waals surface area contributed by atoms with Crippen LogP contribution in [-0.4, -0.2) is 60.6 Å². The molecule has 0 saturated heterocycles. The lowest BCUT2D eigenvalue weighted by atomic mass is 9.91. The molecule has 1 atom stereocenters. The summed E-state index contributed by atoms with van der Waals surface area (Å²) >= 11 is 0.